The predicted octanol–water partition coefficient (Wildman–Crippen LogP) is 3.73. The smallest absolute Gasteiger partial charge is 0.115 e. The Morgan fingerprint density at radius 1 is 1.21 bits per heavy atom. The molecule has 1 aliphatic carbocycles. The molecule has 2 aliphatic rings. The van der Waals surface area contributed by atoms with E-state index in [0.29, 0.717) is 0 Å². The fraction of sp³-hybridized carbons (Fsp3) is 0.550. The first-order chi connectivity index (χ1) is 11.8. The first-order valence-corrected chi connectivity index (χ1v) is 10.1. The zero-order chi connectivity index (χ0) is 16.4. The summed E-state index contributed by atoms with van der Waals surface area (Å²) < 4.78 is 0. The van der Waals surface area contributed by atoms with Gasteiger partial charge in [-0.3, -0.25) is 4.90 Å². The quantitative estimate of drug-likeness (QED) is 0.898. The van der Waals surface area contributed by atoms with Gasteiger partial charge in [0.15, 0.2) is 0 Å². The molecule has 0 amide bonds. The fourth-order valence-electron chi connectivity index (χ4n) is 4.25. The van der Waals surface area contributed by atoms with Gasteiger partial charge in [-0.2, -0.15) is 0 Å². The van der Waals surface area contributed by atoms with Crippen LogP contribution in [0.4, 0.5) is 0 Å². The zero-order valence-electron chi connectivity index (χ0n) is 14.6. The number of piperidine rings is 1. The maximum atomic E-state index is 5.08. The Hall–Kier alpha value is -1.23. The van der Waals surface area contributed by atoms with E-state index >= 15 is 0 Å². The molecular weight excluding hydrogens is 314 g/mol. The number of nitrogens with zero attached hydrogens (tertiary/aromatic N) is 2. The summed E-state index contributed by atoms with van der Waals surface area (Å²) in [5.41, 5.74) is 2.84. The van der Waals surface area contributed by atoms with Gasteiger partial charge in [0.2, 0.25) is 0 Å². The van der Waals surface area contributed by atoms with Crippen LogP contribution in [0.25, 0.3) is 0 Å². The molecule has 1 saturated heterocycles. The number of nitrogens with one attached hydrogen (secondary N) is 1. The summed E-state index contributed by atoms with van der Waals surface area (Å²) in [5.74, 6) is 0. The van der Waals surface area contributed by atoms with Crippen LogP contribution in [-0.4, -0.2) is 29.5 Å². The molecule has 2 heterocycles. The van der Waals surface area contributed by atoms with Crippen molar-refractivity contribution in [2.45, 2.75) is 51.1 Å². The molecule has 0 bridgehead atoms. The molecule has 1 aromatic heterocycles. The minimum atomic E-state index is 0.0524. The van der Waals surface area contributed by atoms with Gasteiger partial charge in [-0.25, -0.2) is 4.98 Å². The highest BCUT2D eigenvalue weighted by Gasteiger charge is 2.39. The van der Waals surface area contributed by atoms with Crippen LogP contribution in [0.15, 0.2) is 30.3 Å². The Morgan fingerprint density at radius 3 is 2.88 bits per heavy atom. The number of thiazole rings is 1. The molecule has 0 spiro atoms. The number of fused-ring (bicyclic) bond motifs is 1. The second-order valence-electron chi connectivity index (χ2n) is 7.15. The number of hydrogen-bond donors (Lipinski definition) is 1. The van der Waals surface area contributed by atoms with Crippen LogP contribution in [-0.2, 0) is 24.9 Å². The van der Waals surface area contributed by atoms with Gasteiger partial charge in [-0.05, 0) is 50.8 Å². The van der Waals surface area contributed by atoms with Crippen molar-refractivity contribution in [3.05, 3.63) is 51.5 Å². The van der Waals surface area contributed by atoms with Crippen molar-refractivity contribution in [2.24, 2.45) is 0 Å². The van der Waals surface area contributed by atoms with Crippen molar-refractivity contribution in [1.29, 1.82) is 0 Å². The Balaban J connectivity index is 1.57. The Kier molecular flexibility index (Phi) is 4.70. The average Bonchev–Trinajstić information content (AvgIpc) is 3.18. The van der Waals surface area contributed by atoms with Gasteiger partial charge in [0.05, 0.1) is 11.2 Å². The molecule has 1 aliphatic heterocycles. The van der Waals surface area contributed by atoms with E-state index in [1.54, 1.807) is 4.88 Å². The average molecular weight is 342 g/mol. The third-order valence-corrected chi connectivity index (χ3v) is 6.70. The van der Waals surface area contributed by atoms with E-state index in [9.17, 15) is 0 Å². The van der Waals surface area contributed by atoms with Gasteiger partial charge in [0.1, 0.15) is 5.01 Å². The molecule has 2 aromatic rings. The van der Waals surface area contributed by atoms with Crippen molar-refractivity contribution in [2.75, 3.05) is 19.6 Å². The number of rotatable bonds is 5. The lowest BCUT2D eigenvalue weighted by atomic mass is 9.89. The number of hydrogen-bond acceptors (Lipinski definition) is 4. The first-order valence-electron chi connectivity index (χ1n) is 9.29. The maximum absolute atomic E-state index is 5.08. The van der Waals surface area contributed by atoms with Crippen LogP contribution in [0, 0.1) is 0 Å². The molecule has 1 fully saturated rings. The Labute approximate surface area is 149 Å². The second-order valence-corrected chi connectivity index (χ2v) is 8.24. The lowest BCUT2D eigenvalue weighted by molar-refractivity contribution is 0.115. The van der Waals surface area contributed by atoms with Crippen LogP contribution in [0.2, 0.25) is 0 Å². The van der Waals surface area contributed by atoms with E-state index in [0.717, 1.165) is 19.6 Å². The summed E-state index contributed by atoms with van der Waals surface area (Å²) in [6.07, 6.45) is 6.16. The van der Waals surface area contributed by atoms with Crippen molar-refractivity contribution in [3.63, 3.8) is 0 Å². The summed E-state index contributed by atoms with van der Waals surface area (Å²) in [7, 11) is 0. The van der Waals surface area contributed by atoms with Crippen molar-refractivity contribution < 1.29 is 0 Å². The minimum Gasteiger partial charge on any atom is -0.305 e. The van der Waals surface area contributed by atoms with Crippen molar-refractivity contribution >= 4 is 11.3 Å². The molecule has 0 saturated carbocycles. The third-order valence-electron chi connectivity index (χ3n) is 5.34. The van der Waals surface area contributed by atoms with Crippen LogP contribution in [0.1, 0.15) is 47.3 Å². The van der Waals surface area contributed by atoms with E-state index in [-0.39, 0.29) is 5.54 Å². The lowest BCUT2D eigenvalue weighted by Crippen LogP contribution is -2.54. The SMILES string of the molecule is CCNC1(c2nc3c(s2)CCC3)CCCN(Cc2ccccc2)C1. The highest BCUT2D eigenvalue weighted by atomic mass is 32.1. The highest BCUT2D eigenvalue weighted by Crippen LogP contribution is 2.38. The van der Waals surface area contributed by atoms with E-state index in [1.165, 1.54) is 54.9 Å². The summed E-state index contributed by atoms with van der Waals surface area (Å²) in [5, 5.41) is 5.16. The Morgan fingerprint density at radius 2 is 2.08 bits per heavy atom. The zero-order valence-corrected chi connectivity index (χ0v) is 15.4. The molecule has 3 nitrogen and oxygen atoms in total. The molecule has 1 unspecified atom stereocenters. The fourth-order valence-corrected chi connectivity index (χ4v) is 5.58. The summed E-state index contributed by atoms with van der Waals surface area (Å²) in [6, 6.07) is 10.9. The minimum absolute atomic E-state index is 0.0524. The molecule has 4 heteroatoms. The molecule has 0 radical (unpaired) electrons. The van der Waals surface area contributed by atoms with Gasteiger partial charge in [0, 0.05) is 18.0 Å². The van der Waals surface area contributed by atoms with Crippen molar-refractivity contribution in [3.8, 4) is 0 Å². The van der Waals surface area contributed by atoms with Crippen LogP contribution in [0.3, 0.4) is 0 Å². The maximum Gasteiger partial charge on any atom is 0.115 e. The highest BCUT2D eigenvalue weighted by molar-refractivity contribution is 7.12. The molecule has 24 heavy (non-hydrogen) atoms. The molecule has 1 atom stereocenters. The van der Waals surface area contributed by atoms with E-state index in [2.05, 4.69) is 47.5 Å². The molecule has 1 aromatic carbocycles. The molecule has 128 valence electrons. The third kappa shape index (κ3) is 3.15. The normalized spacial score (nSPS) is 24.2. The second kappa shape index (κ2) is 6.95. The molecular formula is C20H27N3S. The number of aromatic nitrogens is 1. The number of benzene rings is 1. The topological polar surface area (TPSA) is 28.2 Å². The van der Waals surface area contributed by atoms with Gasteiger partial charge in [-0.15, -0.1) is 11.3 Å². The van der Waals surface area contributed by atoms with Gasteiger partial charge in [-0.1, -0.05) is 37.3 Å². The Bertz CT molecular complexity index is 656. The number of likely N-dealkylation sites (N-methyl/N-ethyl adjacent to an activating group) is 1. The van der Waals surface area contributed by atoms with Gasteiger partial charge >= 0.3 is 0 Å². The molecule has 1 N–H and O–H groups in total. The van der Waals surface area contributed by atoms with E-state index in [4.69, 9.17) is 4.98 Å². The van der Waals surface area contributed by atoms with Crippen LogP contribution < -0.4 is 5.32 Å². The summed E-state index contributed by atoms with van der Waals surface area (Å²) in [4.78, 5) is 9.23. The summed E-state index contributed by atoms with van der Waals surface area (Å²) >= 11 is 1.98. The van der Waals surface area contributed by atoms with E-state index < -0.39 is 0 Å². The monoisotopic (exact) mass is 341 g/mol. The summed E-state index contributed by atoms with van der Waals surface area (Å²) in [6.45, 7) is 6.52. The van der Waals surface area contributed by atoms with E-state index in [1.807, 2.05) is 11.3 Å². The number of likely N-dealkylation sites (tertiary alicyclic amines) is 1. The number of aryl methyl sites for hydroxylation is 2. The van der Waals surface area contributed by atoms with Crippen molar-refractivity contribution in [1.82, 2.24) is 15.2 Å². The van der Waals surface area contributed by atoms with Gasteiger partial charge in [0.25, 0.3) is 0 Å². The molecule has 4 rings (SSSR count). The van der Waals surface area contributed by atoms with Crippen LogP contribution >= 0.6 is 11.3 Å². The predicted molar refractivity (Wildman–Crippen MR) is 100 cm³/mol. The first kappa shape index (κ1) is 16.2. The standard InChI is InChI=1S/C20H27N3S/c1-2-21-20(19-22-17-10-6-11-18(17)24-19)12-7-13-23(15-20)14-16-8-4-3-5-9-16/h3-5,8-9,21H,2,6-7,10-15H2,1H3. The lowest BCUT2D eigenvalue weighted by Gasteiger charge is -2.42. The largest absolute Gasteiger partial charge is 0.305 e. The van der Waals surface area contributed by atoms with Crippen LogP contribution in [0.5, 0.6) is 0 Å². The van der Waals surface area contributed by atoms with Gasteiger partial charge < -0.3 is 5.32 Å².